The van der Waals surface area contributed by atoms with Crippen LogP contribution in [0.1, 0.15) is 94.4 Å². The smallest absolute Gasteiger partial charge is 0.188 e. The van der Waals surface area contributed by atoms with Gasteiger partial charge in [0.2, 0.25) is 0 Å². The summed E-state index contributed by atoms with van der Waals surface area (Å²) in [5, 5.41) is 17.2. The van der Waals surface area contributed by atoms with Crippen LogP contribution in [0.2, 0.25) is 0 Å². The third kappa shape index (κ3) is 3.68. The van der Waals surface area contributed by atoms with Gasteiger partial charge < -0.3 is 10.3 Å². The minimum absolute atomic E-state index is 0.0374. The fraction of sp³-hybridized carbons (Fsp3) is 1.00. The van der Waals surface area contributed by atoms with Crippen LogP contribution in [0, 0.1) is 5.21 Å². The molecule has 7 nitrogen and oxygen atoms in total. The molecular weight excluding hydrogens is 328 g/mol. The van der Waals surface area contributed by atoms with Gasteiger partial charge in [-0.25, -0.2) is 0 Å². The molecule has 0 aliphatic rings. The first-order valence-corrected chi connectivity index (χ1v) is 10.3. The van der Waals surface area contributed by atoms with Gasteiger partial charge in [-0.15, -0.1) is 4.70 Å². The summed E-state index contributed by atoms with van der Waals surface area (Å²) < 4.78 is -0.243. The van der Waals surface area contributed by atoms with Crippen molar-refractivity contribution in [3.8, 4) is 0 Å². The second-order valence-electron chi connectivity index (χ2n) is 8.46. The summed E-state index contributed by atoms with van der Waals surface area (Å²) in [6, 6.07) is 0. The van der Waals surface area contributed by atoms with Crippen molar-refractivity contribution in [2.45, 2.75) is 117 Å². The molecule has 0 radical (unpaired) electrons. The third-order valence-corrected chi connectivity index (χ3v) is 7.54. The molecule has 0 saturated heterocycles. The van der Waals surface area contributed by atoms with E-state index in [-0.39, 0.29) is 9.76 Å². The van der Waals surface area contributed by atoms with E-state index in [0.717, 1.165) is 19.4 Å². The number of nitrogens with zero attached hydrogens (tertiary/aromatic N) is 1. The average molecular weight is 376 g/mol. The molecule has 26 heavy (non-hydrogen) atoms. The molecule has 7 heteroatoms. The molecule has 4 unspecified atom stereocenters. The predicted molar refractivity (Wildman–Crippen MR) is 110 cm³/mol. The van der Waals surface area contributed by atoms with Crippen LogP contribution in [-0.2, 0) is 0 Å². The Hall–Kier alpha value is -0.280. The zero-order chi connectivity index (χ0) is 21.0. The molecule has 8 N–H and O–H groups in total. The Kier molecular flexibility index (Phi) is 8.72. The van der Waals surface area contributed by atoms with E-state index in [2.05, 4.69) is 39.9 Å². The number of hydrogen-bond donors (Lipinski definition) is 5. The maximum atomic E-state index is 13.6. The monoisotopic (exact) mass is 375 g/mol. The van der Waals surface area contributed by atoms with E-state index in [0.29, 0.717) is 19.3 Å². The summed E-state index contributed by atoms with van der Waals surface area (Å²) in [4.78, 5) is 0. The van der Waals surface area contributed by atoms with Gasteiger partial charge in [0.25, 0.3) is 0 Å². The van der Waals surface area contributed by atoms with Crippen LogP contribution in [0.4, 0.5) is 0 Å². The zero-order valence-corrected chi connectivity index (χ0v) is 18.8. The third-order valence-electron chi connectivity index (χ3n) is 7.54. The van der Waals surface area contributed by atoms with Crippen molar-refractivity contribution in [3.05, 3.63) is 5.21 Å². The van der Waals surface area contributed by atoms with Crippen molar-refractivity contribution in [3.63, 3.8) is 0 Å². The quantitative estimate of drug-likeness (QED) is 0.153. The van der Waals surface area contributed by atoms with Gasteiger partial charge in [0.15, 0.2) is 16.7 Å². The largest absolute Gasteiger partial charge is 0.632 e. The van der Waals surface area contributed by atoms with Gasteiger partial charge in [0.1, 0.15) is 5.66 Å². The summed E-state index contributed by atoms with van der Waals surface area (Å²) in [5.74, 6) is 13.9. The van der Waals surface area contributed by atoms with Crippen LogP contribution in [0.3, 0.4) is 0 Å². The highest BCUT2D eigenvalue weighted by Gasteiger charge is 2.67. The molecule has 0 aromatic carbocycles. The van der Waals surface area contributed by atoms with E-state index in [9.17, 15) is 5.21 Å². The van der Waals surface area contributed by atoms with Crippen LogP contribution in [0.25, 0.3) is 0 Å². The summed E-state index contributed by atoms with van der Waals surface area (Å²) in [6.07, 6.45) is 3.41. The van der Waals surface area contributed by atoms with Gasteiger partial charge in [0.05, 0.1) is 0 Å². The minimum atomic E-state index is -0.902. The number of quaternary nitrogens is 2. The van der Waals surface area contributed by atoms with Crippen LogP contribution in [-0.4, -0.2) is 33.6 Å². The van der Waals surface area contributed by atoms with Gasteiger partial charge in [-0.05, 0) is 13.5 Å². The highest BCUT2D eigenvalue weighted by atomic mass is 16.5. The highest BCUT2D eigenvalue weighted by molar-refractivity contribution is 4.97. The zero-order valence-electron chi connectivity index (χ0n) is 18.8. The standard InChI is InChI=1S/C19H47N6O/c1-10-16(7,24(26)18(9,20)12-3)17(8,11-2)25(21,22)19(13-4,14-5)23-15-6/h23-24H,10-15,20-22H2,1-9H3/q+1. The Balaban J connectivity index is 6.59. The minimum Gasteiger partial charge on any atom is -0.632 e. The van der Waals surface area contributed by atoms with Crippen molar-refractivity contribution in [1.29, 1.82) is 0 Å². The first-order valence-electron chi connectivity index (χ1n) is 10.3. The van der Waals surface area contributed by atoms with E-state index >= 15 is 0 Å². The molecule has 0 aliphatic heterocycles. The predicted octanol–water partition coefficient (Wildman–Crippen LogP) is 1.48. The second kappa shape index (κ2) is 8.82. The summed E-state index contributed by atoms with van der Waals surface area (Å²) in [6.45, 7) is 18.9. The molecular formula is C19H47N6O+. The van der Waals surface area contributed by atoms with Crippen molar-refractivity contribution >= 4 is 0 Å². The summed E-state index contributed by atoms with van der Waals surface area (Å²) in [7, 11) is 0. The fourth-order valence-corrected chi connectivity index (χ4v) is 4.59. The van der Waals surface area contributed by atoms with Crippen molar-refractivity contribution in [2.24, 2.45) is 17.4 Å². The van der Waals surface area contributed by atoms with E-state index < -0.39 is 22.4 Å². The first-order chi connectivity index (χ1) is 11.8. The molecule has 0 saturated carbocycles. The van der Waals surface area contributed by atoms with Crippen molar-refractivity contribution < 1.29 is 9.76 Å². The van der Waals surface area contributed by atoms with Crippen LogP contribution in [0.5, 0.6) is 0 Å². The molecule has 0 bridgehead atoms. The number of hydroxylamine groups is 2. The van der Waals surface area contributed by atoms with Gasteiger partial charge >= 0.3 is 0 Å². The highest BCUT2D eigenvalue weighted by Crippen LogP contribution is 2.40. The van der Waals surface area contributed by atoms with E-state index in [1.54, 1.807) is 0 Å². The molecule has 0 fully saturated rings. The topological polar surface area (TPSA) is 118 Å². The molecule has 0 aliphatic carbocycles. The van der Waals surface area contributed by atoms with Crippen LogP contribution in [0.15, 0.2) is 0 Å². The molecule has 0 aromatic heterocycles. The fourth-order valence-electron chi connectivity index (χ4n) is 4.59. The van der Waals surface area contributed by atoms with E-state index in [4.69, 9.17) is 17.4 Å². The molecule has 4 atom stereocenters. The maximum Gasteiger partial charge on any atom is 0.188 e. The van der Waals surface area contributed by atoms with Gasteiger partial charge in [-0.3, -0.25) is 11.1 Å². The molecule has 0 aromatic rings. The van der Waals surface area contributed by atoms with Crippen molar-refractivity contribution in [1.82, 2.24) is 5.32 Å². The SMILES string of the molecule is CCNC(CC)(CC)[N+](N)(N)C(C)(CC)C(C)(CC)[NH+]([O-])C(C)(N)CC. The maximum absolute atomic E-state index is 13.6. The number of nitrogens with one attached hydrogen (secondary N) is 2. The lowest BCUT2D eigenvalue weighted by Gasteiger charge is -2.62. The Morgan fingerprint density at radius 3 is 1.58 bits per heavy atom. The number of rotatable bonds is 12. The Morgan fingerprint density at radius 2 is 1.31 bits per heavy atom. The van der Waals surface area contributed by atoms with Crippen molar-refractivity contribution in [2.75, 3.05) is 6.54 Å². The Bertz CT molecular complexity index is 431. The average Bonchev–Trinajstić information content (AvgIpc) is 2.63. The van der Waals surface area contributed by atoms with Gasteiger partial charge in [0, 0.05) is 46.0 Å². The number of hydrogen-bond acceptors (Lipinski definition) is 5. The number of nitrogens with two attached hydrogens (primary N) is 3. The molecule has 158 valence electrons. The molecule has 0 heterocycles. The van der Waals surface area contributed by atoms with E-state index in [1.807, 2.05) is 27.7 Å². The molecule has 0 spiro atoms. The van der Waals surface area contributed by atoms with Crippen LogP contribution >= 0.6 is 0 Å². The molecule has 0 rings (SSSR count). The molecule has 0 amide bonds. The normalized spacial score (nSPS) is 21.6. The van der Waals surface area contributed by atoms with Crippen LogP contribution < -0.4 is 27.8 Å². The lowest BCUT2D eigenvalue weighted by atomic mass is 9.71. The second-order valence-corrected chi connectivity index (χ2v) is 8.46. The van der Waals surface area contributed by atoms with Gasteiger partial charge in [-0.1, -0.05) is 41.5 Å². The lowest BCUT2D eigenvalue weighted by molar-refractivity contribution is -1.09. The van der Waals surface area contributed by atoms with Gasteiger partial charge in [-0.2, -0.15) is 11.7 Å². The summed E-state index contributed by atoms with van der Waals surface area (Å²) >= 11 is 0. The Morgan fingerprint density at radius 1 is 0.846 bits per heavy atom. The van der Waals surface area contributed by atoms with E-state index in [1.165, 1.54) is 0 Å². The first kappa shape index (κ1) is 25.7. The Labute approximate surface area is 161 Å². The summed E-state index contributed by atoms with van der Waals surface area (Å²) in [5.41, 5.74) is 3.53. The lowest BCUT2D eigenvalue weighted by Crippen LogP contribution is -3.27.